The number of thiophene rings is 1. The Bertz CT molecular complexity index is 946. The maximum Gasteiger partial charge on any atom is 0.252 e. The van der Waals surface area contributed by atoms with Crippen molar-refractivity contribution in [2.24, 2.45) is 5.92 Å². The van der Waals surface area contributed by atoms with Crippen LogP contribution in [0.2, 0.25) is 0 Å². The second-order valence-electron chi connectivity index (χ2n) is 9.43. The molecular weight excluding hydrogens is 382 g/mol. The van der Waals surface area contributed by atoms with Crippen molar-refractivity contribution >= 4 is 23.2 Å². The summed E-state index contributed by atoms with van der Waals surface area (Å²) in [6.07, 6.45) is 0.678. The van der Waals surface area contributed by atoms with Crippen LogP contribution in [0, 0.1) is 12.8 Å². The van der Waals surface area contributed by atoms with Crippen LogP contribution >= 0.6 is 11.3 Å². The Labute approximate surface area is 176 Å². The molecule has 2 aromatic rings. The smallest absolute Gasteiger partial charge is 0.252 e. The third kappa shape index (κ3) is 3.96. The fourth-order valence-electron chi connectivity index (χ4n) is 4.57. The molecule has 6 heteroatoms. The number of rotatable bonds is 3. The van der Waals surface area contributed by atoms with E-state index in [4.69, 9.17) is 0 Å². The normalized spacial score (nSPS) is 24.4. The minimum absolute atomic E-state index is 0.0163. The van der Waals surface area contributed by atoms with E-state index in [-0.39, 0.29) is 23.3 Å². The number of fused-ring (bicyclic) bond motifs is 1. The summed E-state index contributed by atoms with van der Waals surface area (Å²) in [5, 5.41) is 8.51. The van der Waals surface area contributed by atoms with Gasteiger partial charge in [-0.15, -0.1) is 11.3 Å². The third-order valence-corrected chi connectivity index (χ3v) is 6.90. The molecular formula is C23H29N3O2S. The van der Waals surface area contributed by atoms with Crippen molar-refractivity contribution in [3.8, 4) is 0 Å². The fraction of sp³-hybridized carbons (Fsp3) is 0.478. The Morgan fingerprint density at radius 2 is 2.07 bits per heavy atom. The second kappa shape index (κ2) is 7.26. The molecule has 0 saturated carbocycles. The van der Waals surface area contributed by atoms with Gasteiger partial charge in [0.05, 0.1) is 11.5 Å². The van der Waals surface area contributed by atoms with Crippen molar-refractivity contribution in [1.82, 2.24) is 15.5 Å². The van der Waals surface area contributed by atoms with Gasteiger partial charge in [0.2, 0.25) is 5.91 Å². The van der Waals surface area contributed by atoms with Crippen LogP contribution in [0.1, 0.15) is 47.1 Å². The molecule has 1 fully saturated rings. The Kier molecular flexibility index (Phi) is 5.03. The zero-order chi connectivity index (χ0) is 20.8. The number of aryl methyl sites for hydroxylation is 1. The molecule has 2 aliphatic heterocycles. The zero-order valence-corrected chi connectivity index (χ0v) is 18.4. The van der Waals surface area contributed by atoms with Gasteiger partial charge >= 0.3 is 0 Å². The van der Waals surface area contributed by atoms with Crippen LogP contribution in [0.3, 0.4) is 0 Å². The molecule has 1 saturated heterocycles. The molecule has 5 nitrogen and oxygen atoms in total. The van der Waals surface area contributed by atoms with E-state index in [1.807, 2.05) is 45.0 Å². The molecule has 1 aromatic carbocycles. The number of amides is 2. The van der Waals surface area contributed by atoms with E-state index >= 15 is 0 Å². The maximum atomic E-state index is 13.3. The Balaban J connectivity index is 1.66. The van der Waals surface area contributed by atoms with Gasteiger partial charge in [-0.25, -0.2) is 0 Å². The van der Waals surface area contributed by atoms with Crippen molar-refractivity contribution < 1.29 is 9.59 Å². The minimum atomic E-state index is -0.577. The van der Waals surface area contributed by atoms with Crippen LogP contribution in [0.4, 0.5) is 0 Å². The molecule has 29 heavy (non-hydrogen) atoms. The van der Waals surface area contributed by atoms with Gasteiger partial charge in [0, 0.05) is 35.6 Å². The number of hydrogen-bond donors (Lipinski definition) is 2. The average Bonchev–Trinajstić information content (AvgIpc) is 3.17. The lowest BCUT2D eigenvalue weighted by Crippen LogP contribution is -2.62. The van der Waals surface area contributed by atoms with Gasteiger partial charge in [-0.05, 0) is 62.8 Å². The molecule has 1 aromatic heterocycles. The van der Waals surface area contributed by atoms with E-state index in [0.717, 1.165) is 17.7 Å². The number of carbonyl (C=O) groups is 2. The van der Waals surface area contributed by atoms with Gasteiger partial charge in [0.25, 0.3) is 5.91 Å². The summed E-state index contributed by atoms with van der Waals surface area (Å²) in [6, 6.07) is 9.87. The molecule has 2 aliphatic rings. The Hall–Kier alpha value is -2.18. The lowest BCUT2D eigenvalue weighted by molar-refractivity contribution is -0.127. The Morgan fingerprint density at radius 3 is 2.76 bits per heavy atom. The lowest BCUT2D eigenvalue weighted by atomic mass is 9.76. The summed E-state index contributed by atoms with van der Waals surface area (Å²) in [6.45, 7) is 10.2. The summed E-state index contributed by atoms with van der Waals surface area (Å²) >= 11 is 1.75. The first kappa shape index (κ1) is 20.1. The first-order valence-electron chi connectivity index (χ1n) is 10.1. The summed E-state index contributed by atoms with van der Waals surface area (Å²) in [5.41, 5.74) is 2.14. The predicted molar refractivity (Wildman–Crippen MR) is 116 cm³/mol. The number of benzene rings is 1. The molecule has 154 valence electrons. The first-order chi connectivity index (χ1) is 13.7. The molecule has 3 heterocycles. The summed E-state index contributed by atoms with van der Waals surface area (Å²) in [7, 11) is 0. The molecule has 2 amide bonds. The van der Waals surface area contributed by atoms with Gasteiger partial charge in [-0.3, -0.25) is 14.5 Å². The van der Waals surface area contributed by atoms with Crippen LogP contribution < -0.4 is 10.6 Å². The molecule has 0 unspecified atom stereocenters. The van der Waals surface area contributed by atoms with E-state index in [1.165, 1.54) is 10.4 Å². The van der Waals surface area contributed by atoms with Crippen LogP contribution in [0.15, 0.2) is 35.7 Å². The number of carbonyl (C=O) groups excluding carboxylic acids is 2. The molecule has 0 aliphatic carbocycles. The van der Waals surface area contributed by atoms with E-state index < -0.39 is 5.54 Å². The van der Waals surface area contributed by atoms with E-state index in [0.29, 0.717) is 19.5 Å². The maximum absolute atomic E-state index is 13.3. The molecule has 0 bridgehead atoms. The third-order valence-electron chi connectivity index (χ3n) is 5.89. The van der Waals surface area contributed by atoms with Crippen molar-refractivity contribution in [3.63, 3.8) is 0 Å². The monoisotopic (exact) mass is 411 g/mol. The number of nitrogens with zero attached hydrogens (tertiary/aromatic N) is 1. The standard InChI is InChI=1S/C23H29N3O2S/c1-15-9-10-29-19(15)13-26-12-18(21(28)24-22(2,3)4)23(14-26)11-16-7-5-6-8-17(16)20(27)25-23/h5-10,18H,11-14H2,1-4H3,(H,24,28)(H,25,27)/t18-,23+/m0/s1. The zero-order valence-electron chi connectivity index (χ0n) is 17.5. The van der Waals surface area contributed by atoms with Crippen LogP contribution in [-0.2, 0) is 17.8 Å². The topological polar surface area (TPSA) is 61.4 Å². The number of nitrogens with one attached hydrogen (secondary N) is 2. The molecule has 0 radical (unpaired) electrons. The van der Waals surface area contributed by atoms with Crippen LogP contribution in [0.25, 0.3) is 0 Å². The van der Waals surface area contributed by atoms with E-state index in [2.05, 4.69) is 33.9 Å². The van der Waals surface area contributed by atoms with Crippen molar-refractivity contribution in [2.75, 3.05) is 13.1 Å². The lowest BCUT2D eigenvalue weighted by Gasteiger charge is -2.40. The van der Waals surface area contributed by atoms with E-state index in [1.54, 1.807) is 11.3 Å². The molecule has 4 rings (SSSR count). The molecule has 1 spiro atoms. The second-order valence-corrected chi connectivity index (χ2v) is 10.4. The number of likely N-dealkylation sites (tertiary alicyclic amines) is 1. The largest absolute Gasteiger partial charge is 0.351 e. The van der Waals surface area contributed by atoms with Crippen molar-refractivity contribution in [2.45, 2.75) is 51.7 Å². The van der Waals surface area contributed by atoms with Crippen molar-refractivity contribution in [3.05, 3.63) is 57.3 Å². The van der Waals surface area contributed by atoms with Crippen LogP contribution in [0.5, 0.6) is 0 Å². The fourth-order valence-corrected chi connectivity index (χ4v) is 5.51. The first-order valence-corrected chi connectivity index (χ1v) is 11.0. The molecule has 2 atom stereocenters. The summed E-state index contributed by atoms with van der Waals surface area (Å²) in [5.74, 6) is -0.351. The minimum Gasteiger partial charge on any atom is -0.351 e. The van der Waals surface area contributed by atoms with Crippen molar-refractivity contribution in [1.29, 1.82) is 0 Å². The average molecular weight is 412 g/mol. The highest BCUT2D eigenvalue weighted by atomic mass is 32.1. The molecule has 2 N–H and O–H groups in total. The van der Waals surface area contributed by atoms with Gasteiger partial charge in [0.1, 0.15) is 0 Å². The van der Waals surface area contributed by atoms with E-state index in [9.17, 15) is 9.59 Å². The number of hydrogen-bond acceptors (Lipinski definition) is 4. The van der Waals surface area contributed by atoms with Gasteiger partial charge in [-0.2, -0.15) is 0 Å². The van der Waals surface area contributed by atoms with Crippen LogP contribution in [-0.4, -0.2) is 40.9 Å². The highest BCUT2D eigenvalue weighted by Crippen LogP contribution is 2.37. The van der Waals surface area contributed by atoms with Gasteiger partial charge in [-0.1, -0.05) is 18.2 Å². The SMILES string of the molecule is Cc1ccsc1CN1C[C@@H](C(=O)NC(C)(C)C)[C@@]2(Cc3ccccc3C(=O)N2)C1. The highest BCUT2D eigenvalue weighted by molar-refractivity contribution is 7.10. The summed E-state index contributed by atoms with van der Waals surface area (Å²) in [4.78, 5) is 29.8. The quantitative estimate of drug-likeness (QED) is 0.816. The summed E-state index contributed by atoms with van der Waals surface area (Å²) < 4.78 is 0. The highest BCUT2D eigenvalue weighted by Gasteiger charge is 2.53. The Morgan fingerprint density at radius 1 is 1.31 bits per heavy atom. The predicted octanol–water partition coefficient (Wildman–Crippen LogP) is 3.13. The van der Waals surface area contributed by atoms with Gasteiger partial charge < -0.3 is 10.6 Å². The van der Waals surface area contributed by atoms with Gasteiger partial charge in [0.15, 0.2) is 0 Å².